The van der Waals surface area contributed by atoms with Crippen molar-refractivity contribution >= 4 is 40.0 Å². The van der Waals surface area contributed by atoms with Crippen LogP contribution in [-0.2, 0) is 6.42 Å². The lowest BCUT2D eigenvalue weighted by Crippen LogP contribution is -2.13. The molecule has 0 amide bonds. The van der Waals surface area contributed by atoms with Crippen molar-refractivity contribution in [1.29, 1.82) is 0 Å². The highest BCUT2D eigenvalue weighted by Gasteiger charge is 2.35. The van der Waals surface area contributed by atoms with Gasteiger partial charge in [-0.2, -0.15) is 0 Å². The molecule has 5 rings (SSSR count). The van der Waals surface area contributed by atoms with Gasteiger partial charge in [0.05, 0.1) is 14.6 Å². The topological polar surface area (TPSA) is 51.2 Å². The molecular formula is C25H6F10O3S2. The average Bonchev–Trinajstić information content (AvgIpc) is 3.54. The van der Waals surface area contributed by atoms with Crippen molar-refractivity contribution in [2.24, 2.45) is 0 Å². The molecule has 0 radical (unpaired) electrons. The summed E-state index contributed by atoms with van der Waals surface area (Å²) in [4.78, 5) is 37.2. The molecule has 0 spiro atoms. The number of halogens is 10. The van der Waals surface area contributed by atoms with Crippen molar-refractivity contribution in [1.82, 2.24) is 0 Å². The Labute approximate surface area is 223 Å². The lowest BCUT2D eigenvalue weighted by Gasteiger charge is -2.06. The first-order valence-corrected chi connectivity index (χ1v) is 12.3. The third-order valence-corrected chi connectivity index (χ3v) is 8.46. The van der Waals surface area contributed by atoms with E-state index in [1.165, 1.54) is 0 Å². The summed E-state index contributed by atoms with van der Waals surface area (Å²) in [5.74, 6) is -27.7. The molecule has 2 aromatic heterocycles. The molecule has 206 valence electrons. The number of benzene rings is 2. The summed E-state index contributed by atoms with van der Waals surface area (Å²) >= 11 is 0.876. The summed E-state index contributed by atoms with van der Waals surface area (Å²) in [7, 11) is 0. The van der Waals surface area contributed by atoms with Gasteiger partial charge in [-0.3, -0.25) is 14.4 Å². The third-order valence-electron chi connectivity index (χ3n) is 5.99. The van der Waals surface area contributed by atoms with E-state index in [9.17, 15) is 58.3 Å². The van der Waals surface area contributed by atoms with E-state index >= 15 is 0 Å². The van der Waals surface area contributed by atoms with Gasteiger partial charge < -0.3 is 0 Å². The van der Waals surface area contributed by atoms with E-state index in [-0.39, 0.29) is 33.7 Å². The first kappa shape index (κ1) is 27.7. The molecule has 0 saturated heterocycles. The molecule has 0 aliphatic heterocycles. The largest absolute Gasteiger partial charge is 0.294 e. The summed E-state index contributed by atoms with van der Waals surface area (Å²) in [5, 5.41) is 0. The van der Waals surface area contributed by atoms with E-state index < -0.39 is 96.4 Å². The molecule has 2 aromatic carbocycles. The molecule has 4 aromatic rings. The number of ketones is 3. The van der Waals surface area contributed by atoms with Crippen LogP contribution in [0.4, 0.5) is 43.9 Å². The molecule has 1 aliphatic rings. The molecule has 0 atom stereocenters. The molecule has 1 aliphatic carbocycles. The molecule has 0 fully saturated rings. The number of Topliss-reactive ketones (excluding diaryl/α,β-unsaturated/α-hetero) is 1. The van der Waals surface area contributed by atoms with Crippen LogP contribution in [0, 0.1) is 58.2 Å². The smallest absolute Gasteiger partial charge is 0.209 e. The Bertz CT molecular complexity index is 1760. The van der Waals surface area contributed by atoms with Crippen molar-refractivity contribution in [3.8, 4) is 9.75 Å². The summed E-state index contributed by atoms with van der Waals surface area (Å²) in [6.45, 7) is 0. The van der Waals surface area contributed by atoms with Crippen LogP contribution in [0.3, 0.4) is 0 Å². The number of rotatable bonds is 4. The van der Waals surface area contributed by atoms with Gasteiger partial charge in [0.1, 0.15) is 11.1 Å². The summed E-state index contributed by atoms with van der Waals surface area (Å²) < 4.78 is 138. The van der Waals surface area contributed by atoms with Crippen LogP contribution in [0.25, 0.3) is 9.75 Å². The molecule has 0 bridgehead atoms. The predicted octanol–water partition coefficient (Wildman–Crippen LogP) is 7.46. The van der Waals surface area contributed by atoms with E-state index in [0.29, 0.717) is 22.7 Å². The summed E-state index contributed by atoms with van der Waals surface area (Å²) in [6.07, 6.45) is -0.322. The second-order valence-corrected chi connectivity index (χ2v) is 10.4. The Balaban J connectivity index is 1.63. The van der Waals surface area contributed by atoms with Crippen LogP contribution in [0.2, 0.25) is 0 Å². The molecule has 40 heavy (non-hydrogen) atoms. The Kier molecular flexibility index (Phi) is 6.69. The molecule has 15 heteroatoms. The van der Waals surface area contributed by atoms with Crippen LogP contribution in [0.1, 0.15) is 52.8 Å². The van der Waals surface area contributed by atoms with Gasteiger partial charge in [0, 0.05) is 16.9 Å². The normalized spacial score (nSPS) is 12.8. The minimum absolute atomic E-state index is 0.0505. The average molecular weight is 608 g/mol. The Morgan fingerprint density at radius 3 is 1.35 bits per heavy atom. The molecule has 0 N–H and O–H groups in total. The van der Waals surface area contributed by atoms with Crippen molar-refractivity contribution in [2.45, 2.75) is 12.8 Å². The highest BCUT2D eigenvalue weighted by molar-refractivity contribution is 7.24. The van der Waals surface area contributed by atoms with Crippen LogP contribution in [-0.4, -0.2) is 17.3 Å². The number of hydrogen-bond donors (Lipinski definition) is 0. The highest BCUT2D eigenvalue weighted by atomic mass is 32.1. The molecular weight excluding hydrogens is 602 g/mol. The van der Waals surface area contributed by atoms with Gasteiger partial charge in [-0.25, -0.2) is 43.9 Å². The standard InChI is InChI=1S/C25H6F10O3S2/c26-12-10(13(27)17(31)20(34)16(12)30)22(37)8-3-5-1-2-7(36)6-4-9(40-25(6)24(5)39-8)23(38)11-14(28)18(32)21(35)19(33)15(11)29/h3-4H,1-2H2. The first-order valence-electron chi connectivity index (χ1n) is 10.7. The van der Waals surface area contributed by atoms with Gasteiger partial charge in [0.25, 0.3) is 0 Å². The Morgan fingerprint density at radius 2 is 0.900 bits per heavy atom. The number of hydrogen-bond acceptors (Lipinski definition) is 5. The van der Waals surface area contributed by atoms with E-state index in [1.807, 2.05) is 0 Å². The van der Waals surface area contributed by atoms with Gasteiger partial charge in [-0.15, -0.1) is 22.7 Å². The summed E-state index contributed by atoms with van der Waals surface area (Å²) in [5.41, 5.74) is -3.51. The van der Waals surface area contributed by atoms with Gasteiger partial charge in [0.2, 0.25) is 23.2 Å². The Hall–Kier alpha value is -3.85. The first-order chi connectivity index (χ1) is 18.8. The van der Waals surface area contributed by atoms with E-state index in [0.717, 1.165) is 12.1 Å². The van der Waals surface area contributed by atoms with E-state index in [2.05, 4.69) is 0 Å². The third kappa shape index (κ3) is 3.98. The van der Waals surface area contributed by atoms with Crippen LogP contribution < -0.4 is 0 Å². The minimum atomic E-state index is -2.49. The van der Waals surface area contributed by atoms with Crippen LogP contribution >= 0.6 is 22.7 Å². The fraction of sp³-hybridized carbons (Fsp3) is 0.0800. The van der Waals surface area contributed by atoms with Crippen molar-refractivity contribution in [3.63, 3.8) is 0 Å². The molecule has 0 unspecified atom stereocenters. The number of carbonyl (C=O) groups is 3. The second-order valence-electron chi connectivity index (χ2n) is 8.29. The number of thiophene rings is 2. The fourth-order valence-corrected chi connectivity index (χ4v) is 6.49. The SMILES string of the molecule is O=C1CCc2cc(C(=O)c3c(F)c(F)c(F)c(F)c3F)sc2-c2sc(C(=O)c3c(F)c(F)c(F)c(F)c3F)cc21. The zero-order chi connectivity index (χ0) is 29.4. The number of fused-ring (bicyclic) bond motifs is 3. The van der Waals surface area contributed by atoms with Gasteiger partial charge in [-0.05, 0) is 24.1 Å². The second kappa shape index (κ2) is 9.66. The lowest BCUT2D eigenvalue weighted by atomic mass is 10.0. The lowest BCUT2D eigenvalue weighted by molar-refractivity contribution is 0.0983. The predicted molar refractivity (Wildman–Crippen MR) is 120 cm³/mol. The summed E-state index contributed by atoms with van der Waals surface area (Å²) in [6, 6.07) is 1.91. The zero-order valence-electron chi connectivity index (χ0n) is 18.9. The maximum absolute atomic E-state index is 14.2. The maximum atomic E-state index is 14.2. The zero-order valence-corrected chi connectivity index (χ0v) is 20.5. The van der Waals surface area contributed by atoms with Crippen LogP contribution in [0.5, 0.6) is 0 Å². The molecule has 3 nitrogen and oxygen atoms in total. The highest BCUT2D eigenvalue weighted by Crippen LogP contribution is 2.44. The monoisotopic (exact) mass is 608 g/mol. The number of aryl methyl sites for hydroxylation is 1. The van der Waals surface area contributed by atoms with Crippen molar-refractivity contribution in [3.05, 3.63) is 102 Å². The van der Waals surface area contributed by atoms with Gasteiger partial charge in [-0.1, -0.05) is 0 Å². The number of carbonyl (C=O) groups excluding carboxylic acids is 3. The van der Waals surface area contributed by atoms with E-state index in [4.69, 9.17) is 0 Å². The van der Waals surface area contributed by atoms with Crippen molar-refractivity contribution in [2.75, 3.05) is 0 Å². The quantitative estimate of drug-likeness (QED) is 0.105. The van der Waals surface area contributed by atoms with Gasteiger partial charge in [0.15, 0.2) is 52.3 Å². The fourth-order valence-electron chi connectivity index (χ4n) is 4.04. The van der Waals surface area contributed by atoms with Gasteiger partial charge >= 0.3 is 0 Å². The van der Waals surface area contributed by atoms with E-state index in [1.54, 1.807) is 0 Å². The van der Waals surface area contributed by atoms with Crippen molar-refractivity contribution < 1.29 is 58.3 Å². The molecule has 2 heterocycles. The maximum Gasteiger partial charge on any atom is 0.209 e. The Morgan fingerprint density at radius 1 is 0.525 bits per heavy atom. The molecule has 0 saturated carbocycles. The van der Waals surface area contributed by atoms with Crippen LogP contribution in [0.15, 0.2) is 12.1 Å². The minimum Gasteiger partial charge on any atom is -0.294 e.